The SMILES string of the molecule is CC(CN)c1[nH]nc2c(Cl)cccc12. The van der Waals surface area contributed by atoms with Crippen molar-refractivity contribution < 1.29 is 0 Å². The van der Waals surface area contributed by atoms with Crippen molar-refractivity contribution in [2.45, 2.75) is 12.8 Å². The van der Waals surface area contributed by atoms with E-state index in [1.165, 1.54) is 0 Å². The topological polar surface area (TPSA) is 54.7 Å². The van der Waals surface area contributed by atoms with Gasteiger partial charge in [-0.05, 0) is 6.07 Å². The number of nitrogens with two attached hydrogens (primary N) is 1. The predicted molar refractivity (Wildman–Crippen MR) is 58.6 cm³/mol. The highest BCUT2D eigenvalue weighted by atomic mass is 35.5. The molecule has 0 aliphatic rings. The van der Waals surface area contributed by atoms with Crippen LogP contribution in [0.25, 0.3) is 10.9 Å². The Hall–Kier alpha value is -1.06. The fourth-order valence-corrected chi connectivity index (χ4v) is 1.73. The molecule has 0 amide bonds. The molecule has 3 N–H and O–H groups in total. The Morgan fingerprint density at radius 2 is 2.36 bits per heavy atom. The highest BCUT2D eigenvalue weighted by Crippen LogP contribution is 2.27. The molecule has 0 saturated carbocycles. The molecule has 2 aromatic rings. The number of rotatable bonds is 2. The molecule has 4 heteroatoms. The summed E-state index contributed by atoms with van der Waals surface area (Å²) in [5.41, 5.74) is 7.50. The highest BCUT2D eigenvalue weighted by molar-refractivity contribution is 6.35. The van der Waals surface area contributed by atoms with Crippen LogP contribution >= 0.6 is 11.6 Å². The average Bonchev–Trinajstić information content (AvgIpc) is 2.62. The fraction of sp³-hybridized carbons (Fsp3) is 0.300. The summed E-state index contributed by atoms with van der Waals surface area (Å²) in [5, 5.41) is 8.91. The molecule has 1 atom stereocenters. The third-order valence-corrected chi connectivity index (χ3v) is 2.72. The minimum atomic E-state index is 0.276. The fourth-order valence-electron chi connectivity index (χ4n) is 1.52. The summed E-state index contributed by atoms with van der Waals surface area (Å²) in [6, 6.07) is 5.76. The molecule has 1 unspecified atom stereocenters. The number of H-pyrrole nitrogens is 1. The lowest BCUT2D eigenvalue weighted by molar-refractivity contribution is 0.744. The number of aromatic amines is 1. The van der Waals surface area contributed by atoms with E-state index in [0.717, 1.165) is 16.6 Å². The van der Waals surface area contributed by atoms with Gasteiger partial charge in [0.05, 0.1) is 5.02 Å². The first kappa shape index (κ1) is 9.49. The lowest BCUT2D eigenvalue weighted by atomic mass is 10.0. The number of hydrogen-bond acceptors (Lipinski definition) is 2. The number of benzene rings is 1. The van der Waals surface area contributed by atoms with Gasteiger partial charge in [0.25, 0.3) is 0 Å². The molecule has 0 bridgehead atoms. The highest BCUT2D eigenvalue weighted by Gasteiger charge is 2.12. The van der Waals surface area contributed by atoms with Crippen LogP contribution in [-0.4, -0.2) is 16.7 Å². The van der Waals surface area contributed by atoms with Crippen LogP contribution in [0.5, 0.6) is 0 Å². The van der Waals surface area contributed by atoms with Gasteiger partial charge < -0.3 is 5.73 Å². The van der Waals surface area contributed by atoms with E-state index in [4.69, 9.17) is 17.3 Å². The van der Waals surface area contributed by atoms with Gasteiger partial charge in [0, 0.05) is 23.5 Å². The monoisotopic (exact) mass is 209 g/mol. The number of nitrogens with one attached hydrogen (secondary N) is 1. The maximum Gasteiger partial charge on any atom is 0.111 e. The van der Waals surface area contributed by atoms with Crippen LogP contribution in [-0.2, 0) is 0 Å². The van der Waals surface area contributed by atoms with E-state index < -0.39 is 0 Å². The first-order valence-electron chi connectivity index (χ1n) is 4.56. The number of halogens is 1. The molecule has 0 saturated heterocycles. The first-order valence-corrected chi connectivity index (χ1v) is 4.94. The second kappa shape index (κ2) is 3.59. The van der Waals surface area contributed by atoms with Crippen LogP contribution in [0.2, 0.25) is 5.02 Å². The largest absolute Gasteiger partial charge is 0.330 e. The van der Waals surface area contributed by atoms with Crippen molar-refractivity contribution in [1.29, 1.82) is 0 Å². The molecule has 0 spiro atoms. The summed E-state index contributed by atoms with van der Waals surface area (Å²) in [6.45, 7) is 2.66. The summed E-state index contributed by atoms with van der Waals surface area (Å²) < 4.78 is 0. The van der Waals surface area contributed by atoms with Gasteiger partial charge in [0.1, 0.15) is 5.52 Å². The van der Waals surface area contributed by atoms with Gasteiger partial charge >= 0.3 is 0 Å². The van der Waals surface area contributed by atoms with E-state index in [0.29, 0.717) is 11.6 Å². The van der Waals surface area contributed by atoms with Crippen molar-refractivity contribution in [3.05, 3.63) is 28.9 Å². The molecule has 0 aliphatic carbocycles. The van der Waals surface area contributed by atoms with E-state index in [-0.39, 0.29) is 5.92 Å². The van der Waals surface area contributed by atoms with Gasteiger partial charge in [-0.1, -0.05) is 30.7 Å². The second-order valence-corrected chi connectivity index (χ2v) is 3.82. The van der Waals surface area contributed by atoms with Crippen molar-refractivity contribution in [3.8, 4) is 0 Å². The van der Waals surface area contributed by atoms with Crippen molar-refractivity contribution in [2.75, 3.05) is 6.54 Å². The second-order valence-electron chi connectivity index (χ2n) is 3.41. The molecular weight excluding hydrogens is 198 g/mol. The number of nitrogens with zero attached hydrogens (tertiary/aromatic N) is 1. The first-order chi connectivity index (χ1) is 6.74. The molecule has 14 heavy (non-hydrogen) atoms. The van der Waals surface area contributed by atoms with E-state index in [2.05, 4.69) is 17.1 Å². The van der Waals surface area contributed by atoms with E-state index in [9.17, 15) is 0 Å². The van der Waals surface area contributed by atoms with Crippen LogP contribution in [0.15, 0.2) is 18.2 Å². The Bertz CT molecular complexity index is 450. The van der Waals surface area contributed by atoms with Gasteiger partial charge in [-0.3, -0.25) is 5.10 Å². The zero-order valence-electron chi connectivity index (χ0n) is 7.92. The number of aromatic nitrogens is 2. The molecule has 1 heterocycles. The standard InChI is InChI=1S/C10H12ClN3/c1-6(5-12)9-7-3-2-4-8(11)10(7)14-13-9/h2-4,6H,5,12H2,1H3,(H,13,14). The van der Waals surface area contributed by atoms with Gasteiger partial charge in [-0.25, -0.2) is 0 Å². The quantitative estimate of drug-likeness (QED) is 0.798. The van der Waals surface area contributed by atoms with Crippen LogP contribution in [0.3, 0.4) is 0 Å². The number of hydrogen-bond donors (Lipinski definition) is 2. The molecule has 0 fully saturated rings. The molecule has 3 nitrogen and oxygen atoms in total. The maximum atomic E-state index is 6.00. The zero-order chi connectivity index (χ0) is 10.1. The van der Waals surface area contributed by atoms with Crippen LogP contribution < -0.4 is 5.73 Å². The average molecular weight is 210 g/mol. The van der Waals surface area contributed by atoms with E-state index >= 15 is 0 Å². The summed E-state index contributed by atoms with van der Waals surface area (Å²) >= 11 is 6.00. The molecule has 1 aromatic heterocycles. The Labute approximate surface area is 87.2 Å². The van der Waals surface area contributed by atoms with Gasteiger partial charge in [-0.15, -0.1) is 0 Å². The summed E-state index contributed by atoms with van der Waals surface area (Å²) in [6.07, 6.45) is 0. The summed E-state index contributed by atoms with van der Waals surface area (Å²) in [7, 11) is 0. The summed E-state index contributed by atoms with van der Waals surface area (Å²) in [5.74, 6) is 0.276. The number of para-hydroxylation sites is 1. The third kappa shape index (κ3) is 1.38. The van der Waals surface area contributed by atoms with E-state index in [1.54, 1.807) is 0 Å². The van der Waals surface area contributed by atoms with Gasteiger partial charge in [0.2, 0.25) is 0 Å². The van der Waals surface area contributed by atoms with Crippen molar-refractivity contribution in [3.63, 3.8) is 0 Å². The minimum Gasteiger partial charge on any atom is -0.330 e. The van der Waals surface area contributed by atoms with Crippen LogP contribution in [0.4, 0.5) is 0 Å². The van der Waals surface area contributed by atoms with E-state index in [1.807, 2.05) is 18.2 Å². The molecule has 74 valence electrons. The van der Waals surface area contributed by atoms with Crippen molar-refractivity contribution >= 4 is 22.5 Å². The third-order valence-electron chi connectivity index (χ3n) is 2.41. The Kier molecular flexibility index (Phi) is 2.44. The normalized spacial score (nSPS) is 13.4. The van der Waals surface area contributed by atoms with Gasteiger partial charge in [0.15, 0.2) is 0 Å². The molecule has 1 aromatic carbocycles. The van der Waals surface area contributed by atoms with Crippen LogP contribution in [0, 0.1) is 0 Å². The Morgan fingerprint density at radius 3 is 3.07 bits per heavy atom. The Balaban J connectivity index is 2.63. The molecular formula is C10H12ClN3. The number of fused-ring (bicyclic) bond motifs is 1. The molecule has 2 rings (SSSR count). The summed E-state index contributed by atoms with van der Waals surface area (Å²) in [4.78, 5) is 0. The lowest BCUT2D eigenvalue weighted by Gasteiger charge is -2.05. The van der Waals surface area contributed by atoms with Gasteiger partial charge in [-0.2, -0.15) is 5.10 Å². The van der Waals surface area contributed by atoms with Crippen molar-refractivity contribution in [2.24, 2.45) is 5.73 Å². The maximum absolute atomic E-state index is 6.00. The zero-order valence-corrected chi connectivity index (χ0v) is 8.67. The minimum absolute atomic E-state index is 0.276. The smallest absolute Gasteiger partial charge is 0.111 e. The molecule has 0 radical (unpaired) electrons. The lowest BCUT2D eigenvalue weighted by Crippen LogP contribution is -2.09. The molecule has 0 aliphatic heterocycles. The Morgan fingerprint density at radius 1 is 1.57 bits per heavy atom. The predicted octanol–water partition coefficient (Wildman–Crippen LogP) is 2.28. The van der Waals surface area contributed by atoms with Crippen LogP contribution in [0.1, 0.15) is 18.5 Å². The van der Waals surface area contributed by atoms with Crippen molar-refractivity contribution in [1.82, 2.24) is 10.2 Å².